The summed E-state index contributed by atoms with van der Waals surface area (Å²) in [6, 6.07) is 8.10. The fourth-order valence-electron chi connectivity index (χ4n) is 3.74. The molecule has 1 aromatic rings. The summed E-state index contributed by atoms with van der Waals surface area (Å²) in [7, 11) is 0. The van der Waals surface area contributed by atoms with Gasteiger partial charge in [0.25, 0.3) is 0 Å². The van der Waals surface area contributed by atoms with Crippen molar-refractivity contribution >= 4 is 15.9 Å². The Bertz CT molecular complexity index is 446. The second-order valence-electron chi connectivity index (χ2n) is 5.93. The number of aryl methyl sites for hydroxylation is 1. The maximum Gasteiger partial charge on any atom is 0.0221 e. The van der Waals surface area contributed by atoms with E-state index >= 15 is 0 Å². The van der Waals surface area contributed by atoms with Crippen molar-refractivity contribution in [2.24, 2.45) is 5.73 Å². The van der Waals surface area contributed by atoms with Crippen LogP contribution in [0.15, 0.2) is 22.7 Å². The summed E-state index contributed by atoms with van der Waals surface area (Å²) in [6.45, 7) is 2.07. The topological polar surface area (TPSA) is 29.3 Å². The Labute approximate surface area is 124 Å². The van der Waals surface area contributed by atoms with E-state index in [1.165, 1.54) is 55.1 Å². The molecule has 0 spiro atoms. The average molecular weight is 323 g/mol. The van der Waals surface area contributed by atoms with Gasteiger partial charge in [-0.25, -0.2) is 0 Å². The standard InChI is InChI=1S/C16H23BrN2/c17-14-6-4-13-10-15(7-5-12(13)9-14)19-8-2-1-3-16(19)11-18/h4,6,9,15-16H,1-3,5,7-8,10-11,18H2. The van der Waals surface area contributed by atoms with Gasteiger partial charge in [-0.2, -0.15) is 0 Å². The first kappa shape index (κ1) is 13.6. The lowest BCUT2D eigenvalue weighted by molar-refractivity contribution is 0.0903. The molecule has 2 nitrogen and oxygen atoms in total. The quantitative estimate of drug-likeness (QED) is 0.906. The Morgan fingerprint density at radius 1 is 1.21 bits per heavy atom. The van der Waals surface area contributed by atoms with Gasteiger partial charge < -0.3 is 5.73 Å². The lowest BCUT2D eigenvalue weighted by atomic mass is 9.85. The van der Waals surface area contributed by atoms with Gasteiger partial charge in [-0.1, -0.05) is 28.4 Å². The highest BCUT2D eigenvalue weighted by atomic mass is 79.9. The van der Waals surface area contributed by atoms with Gasteiger partial charge in [0, 0.05) is 23.1 Å². The van der Waals surface area contributed by atoms with Crippen molar-refractivity contribution in [2.75, 3.05) is 13.1 Å². The Balaban J connectivity index is 1.75. The van der Waals surface area contributed by atoms with Crippen molar-refractivity contribution in [2.45, 2.75) is 50.6 Å². The minimum Gasteiger partial charge on any atom is -0.329 e. The van der Waals surface area contributed by atoms with Crippen LogP contribution in [0.2, 0.25) is 0 Å². The highest BCUT2D eigenvalue weighted by Crippen LogP contribution is 2.30. The lowest BCUT2D eigenvalue weighted by Gasteiger charge is -2.42. The van der Waals surface area contributed by atoms with E-state index in [0.717, 1.165) is 6.54 Å². The van der Waals surface area contributed by atoms with Gasteiger partial charge in [0.2, 0.25) is 0 Å². The maximum absolute atomic E-state index is 5.97. The summed E-state index contributed by atoms with van der Waals surface area (Å²) in [5.41, 5.74) is 9.04. The number of fused-ring (bicyclic) bond motifs is 1. The van der Waals surface area contributed by atoms with E-state index < -0.39 is 0 Å². The molecule has 1 aliphatic carbocycles. The van der Waals surface area contributed by atoms with Crippen LogP contribution < -0.4 is 5.73 Å². The average Bonchev–Trinajstić information content (AvgIpc) is 2.46. The molecule has 2 aliphatic rings. The zero-order chi connectivity index (χ0) is 13.2. The van der Waals surface area contributed by atoms with Gasteiger partial charge >= 0.3 is 0 Å². The summed E-state index contributed by atoms with van der Waals surface area (Å²) in [5.74, 6) is 0. The first-order valence-corrected chi connectivity index (χ1v) is 8.30. The van der Waals surface area contributed by atoms with Crippen molar-refractivity contribution in [3.63, 3.8) is 0 Å². The molecule has 2 N–H and O–H groups in total. The molecule has 19 heavy (non-hydrogen) atoms. The number of benzene rings is 1. The summed E-state index contributed by atoms with van der Waals surface area (Å²) < 4.78 is 1.21. The second-order valence-corrected chi connectivity index (χ2v) is 6.85. The molecule has 3 heteroatoms. The molecular formula is C16H23BrN2. The third-order valence-electron chi connectivity index (χ3n) is 4.78. The number of likely N-dealkylation sites (tertiary alicyclic amines) is 1. The molecule has 0 radical (unpaired) electrons. The molecule has 0 bridgehead atoms. The van der Waals surface area contributed by atoms with Crippen LogP contribution in [0.25, 0.3) is 0 Å². The number of nitrogens with two attached hydrogens (primary N) is 1. The zero-order valence-corrected chi connectivity index (χ0v) is 13.0. The lowest BCUT2D eigenvalue weighted by Crippen LogP contribution is -2.51. The van der Waals surface area contributed by atoms with E-state index in [4.69, 9.17) is 5.73 Å². The minimum absolute atomic E-state index is 0.621. The SMILES string of the molecule is NCC1CCCCN1C1CCc2cc(Br)ccc2C1. The Morgan fingerprint density at radius 3 is 2.95 bits per heavy atom. The largest absolute Gasteiger partial charge is 0.329 e. The van der Waals surface area contributed by atoms with Crippen LogP contribution in [-0.2, 0) is 12.8 Å². The molecule has 0 amide bonds. The van der Waals surface area contributed by atoms with Gasteiger partial charge in [-0.15, -0.1) is 0 Å². The van der Waals surface area contributed by atoms with Crippen molar-refractivity contribution in [3.05, 3.63) is 33.8 Å². The highest BCUT2D eigenvalue weighted by molar-refractivity contribution is 9.10. The molecule has 2 unspecified atom stereocenters. The fourth-order valence-corrected chi connectivity index (χ4v) is 4.15. The normalized spacial score (nSPS) is 28.1. The number of hydrogen-bond donors (Lipinski definition) is 1. The monoisotopic (exact) mass is 322 g/mol. The zero-order valence-electron chi connectivity index (χ0n) is 11.4. The minimum atomic E-state index is 0.621. The summed E-state index contributed by atoms with van der Waals surface area (Å²) in [5, 5.41) is 0. The number of rotatable bonds is 2. The molecular weight excluding hydrogens is 300 g/mol. The molecule has 1 fully saturated rings. The predicted molar refractivity (Wildman–Crippen MR) is 83.4 cm³/mol. The van der Waals surface area contributed by atoms with Gasteiger partial charge in [0.05, 0.1) is 0 Å². The van der Waals surface area contributed by atoms with Crippen molar-refractivity contribution in [1.29, 1.82) is 0 Å². The van der Waals surface area contributed by atoms with Gasteiger partial charge in [-0.05, 0) is 61.9 Å². The van der Waals surface area contributed by atoms with Gasteiger partial charge in [0.1, 0.15) is 0 Å². The molecule has 1 aliphatic heterocycles. The number of halogens is 1. The Hall–Kier alpha value is -0.380. The first-order chi connectivity index (χ1) is 9.28. The van der Waals surface area contributed by atoms with Crippen LogP contribution in [-0.4, -0.2) is 30.1 Å². The first-order valence-electron chi connectivity index (χ1n) is 7.51. The third kappa shape index (κ3) is 2.88. The van der Waals surface area contributed by atoms with Crippen LogP contribution in [0.3, 0.4) is 0 Å². The molecule has 0 aromatic heterocycles. The summed E-state index contributed by atoms with van der Waals surface area (Å²) in [4.78, 5) is 2.70. The van der Waals surface area contributed by atoms with E-state index in [9.17, 15) is 0 Å². The van der Waals surface area contributed by atoms with Crippen molar-refractivity contribution in [3.8, 4) is 0 Å². The third-order valence-corrected chi connectivity index (χ3v) is 5.28. The van der Waals surface area contributed by atoms with Crippen LogP contribution in [0.1, 0.15) is 36.8 Å². The van der Waals surface area contributed by atoms with Crippen LogP contribution in [0.5, 0.6) is 0 Å². The predicted octanol–water partition coefficient (Wildman–Crippen LogP) is 3.12. The maximum atomic E-state index is 5.97. The second kappa shape index (κ2) is 5.94. The van der Waals surface area contributed by atoms with E-state index in [2.05, 4.69) is 39.0 Å². The molecule has 0 saturated carbocycles. The molecule has 1 heterocycles. The van der Waals surface area contributed by atoms with Crippen molar-refractivity contribution < 1.29 is 0 Å². The van der Waals surface area contributed by atoms with Crippen LogP contribution >= 0.6 is 15.9 Å². The highest BCUT2D eigenvalue weighted by Gasteiger charge is 2.30. The molecule has 2 atom stereocenters. The van der Waals surface area contributed by atoms with Crippen LogP contribution in [0, 0.1) is 0 Å². The number of piperidine rings is 1. The molecule has 1 saturated heterocycles. The molecule has 3 rings (SSSR count). The molecule has 104 valence electrons. The summed E-state index contributed by atoms with van der Waals surface area (Å²) >= 11 is 3.58. The van der Waals surface area contributed by atoms with E-state index in [-0.39, 0.29) is 0 Å². The van der Waals surface area contributed by atoms with Gasteiger partial charge in [-0.3, -0.25) is 4.90 Å². The van der Waals surface area contributed by atoms with Crippen LogP contribution in [0.4, 0.5) is 0 Å². The Morgan fingerprint density at radius 2 is 2.11 bits per heavy atom. The summed E-state index contributed by atoms with van der Waals surface area (Å²) in [6.07, 6.45) is 7.71. The molecule has 1 aromatic carbocycles. The Kier molecular flexibility index (Phi) is 4.25. The smallest absolute Gasteiger partial charge is 0.0221 e. The fraction of sp³-hybridized carbons (Fsp3) is 0.625. The van der Waals surface area contributed by atoms with E-state index in [1.54, 1.807) is 5.56 Å². The number of hydrogen-bond acceptors (Lipinski definition) is 2. The number of nitrogens with zero attached hydrogens (tertiary/aromatic N) is 1. The van der Waals surface area contributed by atoms with Crippen molar-refractivity contribution in [1.82, 2.24) is 4.90 Å². The van der Waals surface area contributed by atoms with Gasteiger partial charge in [0.15, 0.2) is 0 Å². The van der Waals surface area contributed by atoms with E-state index in [1.807, 2.05) is 0 Å². The van der Waals surface area contributed by atoms with E-state index in [0.29, 0.717) is 12.1 Å².